The van der Waals surface area contributed by atoms with E-state index in [2.05, 4.69) is 16.0 Å². The van der Waals surface area contributed by atoms with Crippen molar-refractivity contribution in [2.24, 2.45) is 0 Å². The van der Waals surface area contributed by atoms with E-state index in [4.69, 9.17) is 0 Å². The predicted octanol–water partition coefficient (Wildman–Crippen LogP) is 1.46. The highest BCUT2D eigenvalue weighted by atomic mass is 16.5. The van der Waals surface area contributed by atoms with Crippen molar-refractivity contribution in [2.75, 3.05) is 7.11 Å². The molecule has 1 aromatic carbocycles. The molecule has 4 nitrogen and oxygen atoms in total. The third-order valence-electron chi connectivity index (χ3n) is 1.93. The summed E-state index contributed by atoms with van der Waals surface area (Å²) in [5, 5.41) is 4.02. The van der Waals surface area contributed by atoms with Gasteiger partial charge in [0.25, 0.3) is 0 Å². The summed E-state index contributed by atoms with van der Waals surface area (Å²) in [4.78, 5) is 11.2. The fourth-order valence-electron chi connectivity index (χ4n) is 1.20. The normalized spacial score (nSPS) is 9.93. The van der Waals surface area contributed by atoms with Gasteiger partial charge in [0.15, 0.2) is 0 Å². The van der Waals surface area contributed by atoms with Crippen molar-refractivity contribution in [3.63, 3.8) is 0 Å². The Kier molecular flexibility index (Phi) is 2.49. The number of carbonyl (C=O) groups is 1. The number of benzene rings is 1. The lowest BCUT2D eigenvalue weighted by Gasteiger charge is -1.97. The number of nitrogens with zero attached hydrogens (tertiary/aromatic N) is 2. The van der Waals surface area contributed by atoms with Crippen LogP contribution >= 0.6 is 0 Å². The molecule has 1 radical (unpaired) electrons. The number of ether oxygens (including phenoxy) is 1. The van der Waals surface area contributed by atoms with Crippen LogP contribution in [0.5, 0.6) is 0 Å². The number of hydrogen-bond donors (Lipinski definition) is 0. The summed E-state index contributed by atoms with van der Waals surface area (Å²) in [7, 11) is 1.33. The molecular formula is C11H9N2O2. The SMILES string of the molecule is COC(=O)c1[c]n(-c2ccccc2)nc1. The Morgan fingerprint density at radius 2 is 2.13 bits per heavy atom. The minimum absolute atomic E-state index is 0.321. The first kappa shape index (κ1) is 9.45. The molecule has 0 bridgehead atoms. The second-order valence-electron chi connectivity index (χ2n) is 2.91. The minimum atomic E-state index is -0.433. The average molecular weight is 201 g/mol. The van der Waals surface area contributed by atoms with E-state index < -0.39 is 5.97 Å². The molecular weight excluding hydrogens is 192 g/mol. The van der Waals surface area contributed by atoms with Crippen molar-refractivity contribution in [1.82, 2.24) is 9.78 Å². The summed E-state index contributed by atoms with van der Waals surface area (Å²) in [6.45, 7) is 0. The average Bonchev–Trinajstić information content (AvgIpc) is 2.78. The van der Waals surface area contributed by atoms with E-state index in [9.17, 15) is 4.79 Å². The van der Waals surface area contributed by atoms with Crippen molar-refractivity contribution in [1.29, 1.82) is 0 Å². The van der Waals surface area contributed by atoms with Crippen LogP contribution < -0.4 is 0 Å². The van der Waals surface area contributed by atoms with Crippen LogP contribution in [0.15, 0.2) is 36.5 Å². The van der Waals surface area contributed by atoms with Gasteiger partial charge in [0.2, 0.25) is 0 Å². The van der Waals surface area contributed by atoms with Gasteiger partial charge in [0, 0.05) is 0 Å². The van der Waals surface area contributed by atoms with Gasteiger partial charge in [-0.3, -0.25) is 0 Å². The molecule has 0 aliphatic carbocycles. The van der Waals surface area contributed by atoms with Gasteiger partial charge < -0.3 is 4.74 Å². The molecule has 75 valence electrons. The topological polar surface area (TPSA) is 44.1 Å². The zero-order valence-corrected chi connectivity index (χ0v) is 8.18. The number of rotatable bonds is 2. The lowest BCUT2D eigenvalue weighted by atomic mass is 10.3. The van der Waals surface area contributed by atoms with E-state index in [1.54, 1.807) is 0 Å². The molecule has 2 aromatic rings. The number of carbonyl (C=O) groups excluding carboxylic acids is 1. The maximum atomic E-state index is 11.2. The van der Waals surface area contributed by atoms with Gasteiger partial charge in [-0.2, -0.15) is 5.10 Å². The zero-order chi connectivity index (χ0) is 10.7. The Balaban J connectivity index is 2.32. The highest BCUT2D eigenvalue weighted by Gasteiger charge is 2.09. The predicted molar refractivity (Wildman–Crippen MR) is 53.7 cm³/mol. The van der Waals surface area contributed by atoms with E-state index in [-0.39, 0.29) is 0 Å². The third-order valence-corrected chi connectivity index (χ3v) is 1.93. The molecule has 1 heterocycles. The minimum Gasteiger partial charge on any atom is -0.465 e. The van der Waals surface area contributed by atoms with E-state index in [0.29, 0.717) is 5.56 Å². The van der Waals surface area contributed by atoms with Crippen LogP contribution in [0, 0.1) is 6.20 Å². The third kappa shape index (κ3) is 1.88. The largest absolute Gasteiger partial charge is 0.465 e. The molecule has 0 fully saturated rings. The van der Waals surface area contributed by atoms with Crippen molar-refractivity contribution in [3.05, 3.63) is 48.3 Å². The Bertz CT molecular complexity index is 462. The van der Waals surface area contributed by atoms with Gasteiger partial charge >= 0.3 is 5.97 Å². The molecule has 0 spiro atoms. The van der Waals surface area contributed by atoms with Gasteiger partial charge in [-0.25, -0.2) is 9.48 Å². The van der Waals surface area contributed by atoms with Gasteiger partial charge in [-0.1, -0.05) is 18.2 Å². The summed E-state index contributed by atoms with van der Waals surface area (Å²) in [6, 6.07) is 9.45. The number of aromatic nitrogens is 2. The van der Waals surface area contributed by atoms with Crippen LogP contribution in [0.1, 0.15) is 10.4 Å². The zero-order valence-electron chi connectivity index (χ0n) is 8.18. The van der Waals surface area contributed by atoms with Crippen LogP contribution in [0.25, 0.3) is 5.69 Å². The Labute approximate surface area is 87.1 Å². The smallest absolute Gasteiger partial charge is 0.341 e. The van der Waals surface area contributed by atoms with Crippen LogP contribution in [0.3, 0.4) is 0 Å². The van der Waals surface area contributed by atoms with Crippen LogP contribution in [-0.4, -0.2) is 22.9 Å². The van der Waals surface area contributed by atoms with Crippen molar-refractivity contribution < 1.29 is 9.53 Å². The first-order chi connectivity index (χ1) is 7.31. The van der Waals surface area contributed by atoms with Gasteiger partial charge in [0.1, 0.15) is 11.8 Å². The maximum absolute atomic E-state index is 11.2. The summed E-state index contributed by atoms with van der Waals surface area (Å²) in [5.41, 5.74) is 1.18. The highest BCUT2D eigenvalue weighted by molar-refractivity contribution is 5.88. The number of para-hydroxylation sites is 1. The number of hydrogen-bond acceptors (Lipinski definition) is 3. The summed E-state index contributed by atoms with van der Waals surface area (Å²) >= 11 is 0. The van der Waals surface area contributed by atoms with E-state index >= 15 is 0 Å². The fourth-order valence-corrected chi connectivity index (χ4v) is 1.20. The molecule has 15 heavy (non-hydrogen) atoms. The molecule has 0 amide bonds. The first-order valence-electron chi connectivity index (χ1n) is 4.42. The monoisotopic (exact) mass is 201 g/mol. The second kappa shape index (κ2) is 3.96. The molecule has 1 aromatic heterocycles. The Hall–Kier alpha value is -2.10. The molecule has 0 atom stereocenters. The van der Waals surface area contributed by atoms with Crippen molar-refractivity contribution >= 4 is 5.97 Å². The van der Waals surface area contributed by atoms with Gasteiger partial charge in [0.05, 0.1) is 19.0 Å². The van der Waals surface area contributed by atoms with Gasteiger partial charge in [-0.05, 0) is 12.1 Å². The molecule has 4 heteroatoms. The van der Waals surface area contributed by atoms with Crippen LogP contribution in [0.2, 0.25) is 0 Å². The first-order valence-corrected chi connectivity index (χ1v) is 4.42. The molecule has 2 rings (SSSR count). The molecule has 0 aliphatic rings. The second-order valence-corrected chi connectivity index (χ2v) is 2.91. The van der Waals surface area contributed by atoms with Crippen molar-refractivity contribution in [2.45, 2.75) is 0 Å². The molecule has 0 saturated heterocycles. The maximum Gasteiger partial charge on any atom is 0.341 e. The van der Waals surface area contributed by atoms with Crippen molar-refractivity contribution in [3.8, 4) is 5.69 Å². The van der Waals surface area contributed by atoms with E-state index in [1.165, 1.54) is 18.0 Å². The van der Waals surface area contributed by atoms with Gasteiger partial charge in [-0.15, -0.1) is 0 Å². The van der Waals surface area contributed by atoms with E-state index in [0.717, 1.165) is 5.69 Å². The van der Waals surface area contributed by atoms with Crippen LogP contribution in [0.4, 0.5) is 0 Å². The summed E-state index contributed by atoms with van der Waals surface area (Å²) in [6.07, 6.45) is 4.24. The lowest BCUT2D eigenvalue weighted by molar-refractivity contribution is 0.0600. The van der Waals surface area contributed by atoms with E-state index in [1.807, 2.05) is 30.3 Å². The molecule has 0 unspecified atom stereocenters. The fraction of sp³-hybridized carbons (Fsp3) is 0.0909. The van der Waals surface area contributed by atoms with Crippen LogP contribution in [-0.2, 0) is 4.74 Å². The standard InChI is InChI=1S/C11H9N2O2/c1-15-11(14)9-7-12-13(8-9)10-5-3-2-4-6-10/h2-7H,1H3. The Morgan fingerprint density at radius 3 is 2.80 bits per heavy atom. The molecule has 0 N–H and O–H groups in total. The Morgan fingerprint density at radius 1 is 1.40 bits per heavy atom. The molecule has 0 saturated carbocycles. The highest BCUT2D eigenvalue weighted by Crippen LogP contribution is 2.07. The summed E-state index contributed by atoms with van der Waals surface area (Å²) in [5.74, 6) is -0.433. The number of esters is 1. The molecule has 0 aliphatic heterocycles. The quantitative estimate of drug-likeness (QED) is 0.691. The lowest BCUT2D eigenvalue weighted by Crippen LogP contribution is -1.99. The summed E-state index contributed by atoms with van der Waals surface area (Å²) < 4.78 is 6.07. The number of methoxy groups -OCH3 is 1.